The van der Waals surface area contributed by atoms with Crippen LogP contribution in [0.3, 0.4) is 0 Å². The van der Waals surface area contributed by atoms with E-state index in [0.29, 0.717) is 0 Å². The van der Waals surface area contributed by atoms with Crippen LogP contribution in [-0.4, -0.2) is 21.1 Å². The van der Waals surface area contributed by atoms with Gasteiger partial charge >= 0.3 is 6.98 Å². The molecule has 0 unspecified atom stereocenters. The molecule has 0 radical (unpaired) electrons. The number of para-hydroxylation sites is 6. The fraction of sp³-hybridized carbons (Fsp3) is 0.100. The van der Waals surface area contributed by atoms with E-state index in [4.69, 9.17) is 9.72 Å². The fourth-order valence-corrected chi connectivity index (χ4v) is 10.2. The second-order valence-electron chi connectivity index (χ2n) is 18.8. The number of nitrogens with zero attached hydrogens (tertiary/aromatic N) is 6. The molecule has 0 saturated carbocycles. The summed E-state index contributed by atoms with van der Waals surface area (Å²) in [6.45, 7) is 11.0. The maximum absolute atomic E-state index is 7.03. The minimum atomic E-state index is -0.209. The van der Waals surface area contributed by atoms with E-state index < -0.39 is 0 Å². The lowest BCUT2D eigenvalue weighted by molar-refractivity contribution is -0.571. The second kappa shape index (κ2) is 16.2. The first kappa shape index (κ1) is 41.1. The Kier molecular flexibility index (Phi) is 9.80. The lowest BCUT2D eigenvalue weighted by Gasteiger charge is -2.32. The maximum Gasteiger partial charge on any atom is 0.422 e. The first-order chi connectivity index (χ1) is 33.2. The zero-order valence-electron chi connectivity index (χ0n) is 38.8. The number of fused-ring (bicyclic) bond motifs is 5. The number of imidazole rings is 1. The molecule has 0 N–H and O–H groups in total. The fourth-order valence-electron chi connectivity index (χ4n) is 10.2. The maximum atomic E-state index is 7.03. The predicted molar refractivity (Wildman–Crippen MR) is 279 cm³/mol. The number of aryl methyl sites for hydroxylation is 2. The number of hydrogen-bond donors (Lipinski definition) is 0. The Morgan fingerprint density at radius 3 is 1.97 bits per heavy atom. The summed E-state index contributed by atoms with van der Waals surface area (Å²) in [6, 6.07) is 70.8. The minimum Gasteiger partial charge on any atom is -0.458 e. The van der Waals surface area contributed by atoms with Crippen LogP contribution < -0.4 is 24.4 Å². The standard InChI is InChI=1S/C60H49BN6O/c1-41-20-16-21-42(2)57(41)61-66(45-24-10-7-11-25-45)56-34-19-35-62-59(56)67(61)47-36-43(60(3,4)5)37-49(39-47)68-48-27-17-26-46(38-48)63-40-64(54-32-15-14-31-53(54)63)55-33-18-29-51-50-28-12-13-30-52(50)65(58(51)55)44-22-8-6-9-23-44/h6-39H,1-5H3. The summed E-state index contributed by atoms with van der Waals surface area (Å²) in [6.07, 6.45) is 5.70. The summed E-state index contributed by atoms with van der Waals surface area (Å²) in [7, 11) is 0. The topological polar surface area (TPSA) is 42.3 Å². The van der Waals surface area contributed by atoms with Crippen LogP contribution in [0.15, 0.2) is 206 Å². The van der Waals surface area contributed by atoms with Gasteiger partial charge in [-0.05, 0) is 109 Å². The Hall–Kier alpha value is -8.36. The van der Waals surface area contributed by atoms with E-state index in [1.807, 2.05) is 18.3 Å². The first-order valence-electron chi connectivity index (χ1n) is 23.3. The van der Waals surface area contributed by atoms with Crippen molar-refractivity contribution in [3.8, 4) is 28.6 Å². The van der Waals surface area contributed by atoms with Gasteiger partial charge in [-0.1, -0.05) is 147 Å². The van der Waals surface area contributed by atoms with Crippen LogP contribution in [0.2, 0.25) is 0 Å². The van der Waals surface area contributed by atoms with Crippen molar-refractivity contribution in [1.29, 1.82) is 0 Å². The van der Waals surface area contributed by atoms with Crippen molar-refractivity contribution in [3.05, 3.63) is 229 Å². The van der Waals surface area contributed by atoms with Crippen molar-refractivity contribution in [2.45, 2.75) is 40.0 Å². The van der Waals surface area contributed by atoms with Crippen molar-refractivity contribution in [2.24, 2.45) is 0 Å². The van der Waals surface area contributed by atoms with Crippen molar-refractivity contribution in [1.82, 2.24) is 14.1 Å². The highest BCUT2D eigenvalue weighted by Crippen LogP contribution is 2.47. The van der Waals surface area contributed by atoms with Gasteiger partial charge in [-0.2, -0.15) is 0 Å². The van der Waals surface area contributed by atoms with Crippen molar-refractivity contribution in [2.75, 3.05) is 9.62 Å². The van der Waals surface area contributed by atoms with Gasteiger partial charge in [0.15, 0.2) is 0 Å². The highest BCUT2D eigenvalue weighted by Gasteiger charge is 2.46. The van der Waals surface area contributed by atoms with Gasteiger partial charge in [0.25, 0.3) is 6.33 Å². The summed E-state index contributed by atoms with van der Waals surface area (Å²) >= 11 is 0. The Labute approximate surface area is 397 Å². The summed E-state index contributed by atoms with van der Waals surface area (Å²) in [5.41, 5.74) is 15.3. The molecule has 0 amide bonds. The molecule has 1 aliphatic heterocycles. The Morgan fingerprint density at radius 1 is 0.544 bits per heavy atom. The predicted octanol–water partition coefficient (Wildman–Crippen LogP) is 13.6. The molecule has 0 fully saturated rings. The smallest absolute Gasteiger partial charge is 0.422 e. The van der Waals surface area contributed by atoms with Crippen LogP contribution >= 0.6 is 0 Å². The molecule has 68 heavy (non-hydrogen) atoms. The highest BCUT2D eigenvalue weighted by atomic mass is 16.5. The average Bonchev–Trinajstić information content (AvgIpc) is 4.03. The molecule has 0 aliphatic carbocycles. The zero-order chi connectivity index (χ0) is 46.1. The van der Waals surface area contributed by atoms with Gasteiger partial charge in [0, 0.05) is 40.1 Å². The van der Waals surface area contributed by atoms with Gasteiger partial charge < -0.3 is 18.9 Å². The minimum absolute atomic E-state index is 0.183. The monoisotopic (exact) mass is 880 g/mol. The SMILES string of the molecule is Cc1cccc(C)c1B1N(c2ccccc2)c2cccnc2N1c1cc(Oc2cccc(-n3[c-][n+](-c4cccc5c6ccccc6n(-c6ccccc6)c45)c4ccccc43)c2)cc(C(C)(C)C)c1. The lowest BCUT2D eigenvalue weighted by Crippen LogP contribution is -2.55. The lowest BCUT2D eigenvalue weighted by atomic mass is 9.61. The molecule has 0 saturated heterocycles. The molecule has 0 atom stereocenters. The van der Waals surface area contributed by atoms with Crippen LogP contribution in [0.4, 0.5) is 22.9 Å². The molecule has 3 aromatic heterocycles. The molecule has 7 nitrogen and oxygen atoms in total. The number of hydrogen-bond acceptors (Lipinski definition) is 4. The van der Waals surface area contributed by atoms with Gasteiger partial charge in [-0.3, -0.25) is 9.13 Å². The van der Waals surface area contributed by atoms with Crippen molar-refractivity contribution < 1.29 is 9.30 Å². The molecule has 328 valence electrons. The second-order valence-corrected chi connectivity index (χ2v) is 18.8. The van der Waals surface area contributed by atoms with Crippen LogP contribution in [0.25, 0.3) is 49.9 Å². The third-order valence-corrected chi connectivity index (χ3v) is 13.4. The zero-order valence-corrected chi connectivity index (χ0v) is 38.8. The first-order valence-corrected chi connectivity index (χ1v) is 23.3. The molecular weight excluding hydrogens is 832 g/mol. The quantitative estimate of drug-likeness (QED) is 0.0866. The van der Waals surface area contributed by atoms with E-state index in [-0.39, 0.29) is 12.4 Å². The van der Waals surface area contributed by atoms with Crippen molar-refractivity contribution >= 4 is 68.2 Å². The Morgan fingerprint density at radius 2 is 1.19 bits per heavy atom. The van der Waals surface area contributed by atoms with Crippen LogP contribution in [-0.2, 0) is 5.41 Å². The van der Waals surface area contributed by atoms with E-state index in [0.717, 1.165) is 79.1 Å². The summed E-state index contributed by atoms with van der Waals surface area (Å²) < 4.78 is 13.8. The van der Waals surface area contributed by atoms with Gasteiger partial charge in [0.2, 0.25) is 0 Å². The van der Waals surface area contributed by atoms with E-state index in [1.54, 1.807) is 0 Å². The van der Waals surface area contributed by atoms with Gasteiger partial charge in [0.1, 0.15) is 17.3 Å². The molecule has 11 aromatic rings. The third-order valence-electron chi connectivity index (χ3n) is 13.4. The van der Waals surface area contributed by atoms with Crippen LogP contribution in [0, 0.1) is 20.2 Å². The summed E-state index contributed by atoms with van der Waals surface area (Å²) in [5, 5.41) is 2.40. The number of rotatable bonds is 8. The van der Waals surface area contributed by atoms with Gasteiger partial charge in [-0.15, -0.1) is 0 Å². The number of aromatic nitrogens is 4. The highest BCUT2D eigenvalue weighted by molar-refractivity contribution is 6.85. The van der Waals surface area contributed by atoms with Gasteiger partial charge in [-0.25, -0.2) is 4.98 Å². The Balaban J connectivity index is 0.982. The average molecular weight is 881 g/mol. The van der Waals surface area contributed by atoms with Crippen molar-refractivity contribution in [3.63, 3.8) is 0 Å². The largest absolute Gasteiger partial charge is 0.458 e. The summed E-state index contributed by atoms with van der Waals surface area (Å²) in [4.78, 5) is 9.93. The molecule has 1 aliphatic rings. The summed E-state index contributed by atoms with van der Waals surface area (Å²) in [5.74, 6) is 2.36. The molecule has 8 heteroatoms. The van der Waals surface area contributed by atoms with E-state index in [9.17, 15) is 0 Å². The molecule has 4 heterocycles. The molecule has 0 spiro atoms. The third kappa shape index (κ3) is 6.82. The molecular formula is C60H49BN6O. The van der Waals surface area contributed by atoms with E-state index in [1.165, 1.54) is 27.4 Å². The number of benzene rings is 8. The number of anilines is 4. The van der Waals surface area contributed by atoms with Gasteiger partial charge in [0.05, 0.1) is 39.1 Å². The van der Waals surface area contributed by atoms with E-state index >= 15 is 0 Å². The molecule has 12 rings (SSSR count). The van der Waals surface area contributed by atoms with Crippen LogP contribution in [0.1, 0.15) is 37.5 Å². The molecule has 0 bridgehead atoms. The number of ether oxygens (including phenoxy) is 1. The molecule has 8 aromatic carbocycles. The normalized spacial score (nSPS) is 12.7. The van der Waals surface area contributed by atoms with Crippen LogP contribution in [0.5, 0.6) is 11.5 Å². The number of pyridine rings is 1. The Bertz CT molecular complexity index is 3680. The van der Waals surface area contributed by atoms with E-state index in [2.05, 4.69) is 252 Å².